The molecule has 3 heterocycles. The number of aromatic nitrogens is 2. The first-order valence-electron chi connectivity index (χ1n) is 8.94. The van der Waals surface area contributed by atoms with Crippen LogP contribution < -0.4 is 10.3 Å². The van der Waals surface area contributed by atoms with Gasteiger partial charge in [0.05, 0.1) is 12.8 Å². The standard InChI is InChI=1S/C20H22N4O3/c1-22-9-11-23(12-10-22)20(26)17-13-14-3-8-18(25)24(19(14)21-17)15-4-6-16(27-2)7-5-15/h3-8,13,21H,9-12H2,1-2H3. The molecule has 140 valence electrons. The van der Waals surface area contributed by atoms with E-state index >= 15 is 0 Å². The van der Waals surface area contributed by atoms with E-state index in [-0.39, 0.29) is 11.5 Å². The quantitative estimate of drug-likeness (QED) is 0.766. The monoisotopic (exact) mass is 366 g/mol. The van der Waals surface area contributed by atoms with Gasteiger partial charge < -0.3 is 19.5 Å². The maximum atomic E-state index is 12.9. The van der Waals surface area contributed by atoms with Crippen LogP contribution in [0.4, 0.5) is 0 Å². The molecule has 0 atom stereocenters. The summed E-state index contributed by atoms with van der Waals surface area (Å²) in [4.78, 5) is 32.6. The fraction of sp³-hybridized carbons (Fsp3) is 0.300. The molecule has 1 amide bonds. The lowest BCUT2D eigenvalue weighted by molar-refractivity contribution is 0.0659. The Morgan fingerprint density at radius 3 is 2.41 bits per heavy atom. The van der Waals surface area contributed by atoms with Gasteiger partial charge in [-0.15, -0.1) is 0 Å². The van der Waals surface area contributed by atoms with Crippen LogP contribution in [0.25, 0.3) is 16.7 Å². The number of amides is 1. The Bertz CT molecular complexity index is 1030. The molecule has 3 aromatic rings. The van der Waals surface area contributed by atoms with Crippen LogP contribution in [0.15, 0.2) is 47.3 Å². The summed E-state index contributed by atoms with van der Waals surface area (Å²) in [5.41, 5.74) is 1.67. The van der Waals surface area contributed by atoms with Crippen molar-refractivity contribution in [2.24, 2.45) is 0 Å². The van der Waals surface area contributed by atoms with E-state index in [9.17, 15) is 9.59 Å². The van der Waals surface area contributed by atoms with Gasteiger partial charge >= 0.3 is 0 Å². The summed E-state index contributed by atoms with van der Waals surface area (Å²) in [5.74, 6) is 0.685. The minimum atomic E-state index is -0.159. The smallest absolute Gasteiger partial charge is 0.270 e. The summed E-state index contributed by atoms with van der Waals surface area (Å²) < 4.78 is 6.76. The molecule has 0 aliphatic carbocycles. The van der Waals surface area contributed by atoms with E-state index in [2.05, 4.69) is 16.9 Å². The number of carbonyl (C=O) groups excluding carboxylic acids is 1. The van der Waals surface area contributed by atoms with Crippen molar-refractivity contribution in [2.45, 2.75) is 0 Å². The Kier molecular flexibility index (Phi) is 4.45. The largest absolute Gasteiger partial charge is 0.497 e. The first-order chi connectivity index (χ1) is 13.1. The fourth-order valence-corrected chi connectivity index (χ4v) is 3.40. The number of nitrogens with one attached hydrogen (secondary N) is 1. The predicted octanol–water partition coefficient (Wildman–Crippen LogP) is 1.71. The normalized spacial score (nSPS) is 15.3. The second-order valence-corrected chi connectivity index (χ2v) is 6.79. The number of piperazine rings is 1. The number of fused-ring (bicyclic) bond motifs is 1. The van der Waals surface area contributed by atoms with Crippen LogP contribution >= 0.6 is 0 Å². The average molecular weight is 366 g/mol. The summed E-state index contributed by atoms with van der Waals surface area (Å²) >= 11 is 0. The highest BCUT2D eigenvalue weighted by atomic mass is 16.5. The topological polar surface area (TPSA) is 70.6 Å². The molecule has 0 unspecified atom stereocenters. The maximum Gasteiger partial charge on any atom is 0.270 e. The van der Waals surface area contributed by atoms with E-state index in [0.29, 0.717) is 30.1 Å². The van der Waals surface area contributed by atoms with E-state index in [1.54, 1.807) is 29.9 Å². The lowest BCUT2D eigenvalue weighted by Gasteiger charge is -2.32. The average Bonchev–Trinajstić information content (AvgIpc) is 3.12. The summed E-state index contributed by atoms with van der Waals surface area (Å²) in [6.07, 6.45) is 0. The molecule has 7 nitrogen and oxygen atoms in total. The molecule has 1 aliphatic heterocycles. The highest BCUT2D eigenvalue weighted by molar-refractivity contribution is 5.97. The summed E-state index contributed by atoms with van der Waals surface area (Å²) in [6.45, 7) is 3.14. The Hall–Kier alpha value is -3.06. The number of carbonyl (C=O) groups is 1. The number of rotatable bonds is 3. The number of pyridine rings is 1. The van der Waals surface area contributed by atoms with Gasteiger partial charge in [0, 0.05) is 37.6 Å². The van der Waals surface area contributed by atoms with E-state index in [1.807, 2.05) is 23.1 Å². The van der Waals surface area contributed by atoms with Crippen LogP contribution in [0.5, 0.6) is 5.75 Å². The molecule has 1 aliphatic rings. The molecule has 27 heavy (non-hydrogen) atoms. The van der Waals surface area contributed by atoms with Crippen molar-refractivity contribution in [3.63, 3.8) is 0 Å². The number of methoxy groups -OCH3 is 1. The number of benzene rings is 1. The van der Waals surface area contributed by atoms with E-state index in [4.69, 9.17) is 4.74 Å². The third-order valence-corrected chi connectivity index (χ3v) is 5.03. The van der Waals surface area contributed by atoms with Crippen molar-refractivity contribution in [3.05, 3.63) is 58.5 Å². The third-order valence-electron chi connectivity index (χ3n) is 5.03. The van der Waals surface area contributed by atoms with Gasteiger partial charge in [-0.3, -0.25) is 14.2 Å². The van der Waals surface area contributed by atoms with Crippen LogP contribution in [0, 0.1) is 0 Å². The van der Waals surface area contributed by atoms with Crippen molar-refractivity contribution >= 4 is 16.9 Å². The molecule has 7 heteroatoms. The van der Waals surface area contributed by atoms with Gasteiger partial charge in [0.25, 0.3) is 11.5 Å². The minimum absolute atomic E-state index is 0.0342. The second kappa shape index (κ2) is 6.92. The van der Waals surface area contributed by atoms with Gasteiger partial charge in [-0.1, -0.05) is 0 Å². The number of nitrogens with zero attached hydrogens (tertiary/aromatic N) is 3. The molecule has 0 spiro atoms. The zero-order valence-electron chi connectivity index (χ0n) is 15.4. The van der Waals surface area contributed by atoms with E-state index in [1.165, 1.54) is 6.07 Å². The molecular formula is C20H22N4O3. The number of aromatic amines is 1. The molecule has 1 saturated heterocycles. The highest BCUT2D eigenvalue weighted by Crippen LogP contribution is 2.20. The van der Waals surface area contributed by atoms with E-state index < -0.39 is 0 Å². The molecule has 1 N–H and O–H groups in total. The van der Waals surface area contributed by atoms with Gasteiger partial charge in [0.15, 0.2) is 0 Å². The minimum Gasteiger partial charge on any atom is -0.497 e. The number of ether oxygens (including phenoxy) is 1. The van der Waals surface area contributed by atoms with Gasteiger partial charge in [-0.2, -0.15) is 0 Å². The molecule has 4 rings (SSSR count). The van der Waals surface area contributed by atoms with Crippen LogP contribution in [0.2, 0.25) is 0 Å². The summed E-state index contributed by atoms with van der Waals surface area (Å²) in [5, 5.41) is 0.822. The van der Waals surface area contributed by atoms with Gasteiger partial charge in [-0.25, -0.2) is 0 Å². The van der Waals surface area contributed by atoms with Gasteiger partial charge in [0.2, 0.25) is 0 Å². The number of hydrogen-bond acceptors (Lipinski definition) is 4. The van der Waals surface area contributed by atoms with Crippen molar-refractivity contribution in [3.8, 4) is 11.4 Å². The van der Waals surface area contributed by atoms with Crippen molar-refractivity contribution in [1.29, 1.82) is 0 Å². The number of hydrogen-bond donors (Lipinski definition) is 1. The van der Waals surface area contributed by atoms with Crippen molar-refractivity contribution < 1.29 is 9.53 Å². The van der Waals surface area contributed by atoms with Crippen LogP contribution in [0.1, 0.15) is 10.5 Å². The second-order valence-electron chi connectivity index (χ2n) is 6.79. The highest BCUT2D eigenvalue weighted by Gasteiger charge is 2.22. The van der Waals surface area contributed by atoms with Crippen molar-refractivity contribution in [1.82, 2.24) is 19.4 Å². The van der Waals surface area contributed by atoms with Crippen molar-refractivity contribution in [2.75, 3.05) is 40.3 Å². The lowest BCUT2D eigenvalue weighted by Crippen LogP contribution is -2.47. The Morgan fingerprint density at radius 2 is 1.74 bits per heavy atom. The van der Waals surface area contributed by atoms with Crippen LogP contribution in [-0.2, 0) is 0 Å². The molecule has 1 fully saturated rings. The Morgan fingerprint density at radius 1 is 1.04 bits per heavy atom. The SMILES string of the molecule is COc1ccc(-n2c(=O)ccc3cc(C(=O)N4CCN(C)CC4)[nH]c32)cc1. The zero-order valence-corrected chi connectivity index (χ0v) is 15.4. The first-order valence-corrected chi connectivity index (χ1v) is 8.94. The zero-order chi connectivity index (χ0) is 19.0. The Balaban J connectivity index is 1.74. The maximum absolute atomic E-state index is 12.9. The van der Waals surface area contributed by atoms with Crippen LogP contribution in [-0.4, -0.2) is 65.6 Å². The fourth-order valence-electron chi connectivity index (χ4n) is 3.40. The van der Waals surface area contributed by atoms with Gasteiger partial charge in [0.1, 0.15) is 17.1 Å². The summed E-state index contributed by atoms with van der Waals surface area (Å²) in [7, 11) is 3.65. The molecule has 0 saturated carbocycles. The molecule has 0 bridgehead atoms. The summed E-state index contributed by atoms with van der Waals surface area (Å²) in [6, 6.07) is 12.3. The molecular weight excluding hydrogens is 344 g/mol. The Labute approximate surface area is 156 Å². The molecule has 2 aromatic heterocycles. The van der Waals surface area contributed by atoms with E-state index in [0.717, 1.165) is 24.2 Å². The molecule has 0 radical (unpaired) electrons. The van der Waals surface area contributed by atoms with Crippen LogP contribution in [0.3, 0.4) is 0 Å². The number of likely N-dealkylation sites (N-methyl/N-ethyl adjacent to an activating group) is 1. The number of H-pyrrole nitrogens is 1. The predicted molar refractivity (Wildman–Crippen MR) is 104 cm³/mol. The third kappa shape index (κ3) is 3.21. The lowest BCUT2D eigenvalue weighted by atomic mass is 10.2. The molecule has 1 aromatic carbocycles. The van der Waals surface area contributed by atoms with Gasteiger partial charge in [-0.05, 0) is 43.4 Å². The first kappa shape index (κ1) is 17.4.